The van der Waals surface area contributed by atoms with Gasteiger partial charge < -0.3 is 5.73 Å². The molecule has 20 heavy (non-hydrogen) atoms. The second-order valence-corrected chi connectivity index (χ2v) is 7.28. The summed E-state index contributed by atoms with van der Waals surface area (Å²) in [5, 5.41) is 14.2. The zero-order chi connectivity index (χ0) is 14.3. The molecule has 1 saturated carbocycles. The first-order valence-corrected chi connectivity index (χ1v) is 8.36. The van der Waals surface area contributed by atoms with Crippen molar-refractivity contribution >= 4 is 16.3 Å². The summed E-state index contributed by atoms with van der Waals surface area (Å²) in [6.45, 7) is 6.49. The fourth-order valence-electron chi connectivity index (χ4n) is 3.01. The number of rotatable bonds is 3. The third-order valence-corrected chi connectivity index (χ3v) is 5.65. The molecule has 0 aromatic carbocycles. The summed E-state index contributed by atoms with van der Waals surface area (Å²) in [7, 11) is 0. The minimum absolute atomic E-state index is 0.259. The summed E-state index contributed by atoms with van der Waals surface area (Å²) in [4.78, 5) is 0.867. The third kappa shape index (κ3) is 2.24. The lowest BCUT2D eigenvalue weighted by molar-refractivity contribution is 0.230. The highest BCUT2D eigenvalue weighted by atomic mass is 32.1. The maximum absolute atomic E-state index is 6.63. The lowest BCUT2D eigenvalue weighted by atomic mass is 9.76. The fraction of sp³-hybridized carbons (Fsp3) is 0.786. The molecular weight excluding hydrogens is 270 g/mol. The van der Waals surface area contributed by atoms with Crippen molar-refractivity contribution in [3.05, 3.63) is 10.8 Å². The van der Waals surface area contributed by atoms with Gasteiger partial charge in [0.2, 0.25) is 4.96 Å². The van der Waals surface area contributed by atoms with Crippen LogP contribution in [0.5, 0.6) is 0 Å². The molecule has 2 heterocycles. The lowest BCUT2D eigenvalue weighted by Crippen LogP contribution is -2.40. The first-order valence-electron chi connectivity index (χ1n) is 7.55. The second kappa shape index (κ2) is 5.07. The van der Waals surface area contributed by atoms with Gasteiger partial charge in [0, 0.05) is 5.92 Å². The average molecular weight is 293 g/mol. The Labute approximate surface area is 123 Å². The Morgan fingerprint density at radius 1 is 1.35 bits per heavy atom. The molecule has 0 unspecified atom stereocenters. The van der Waals surface area contributed by atoms with E-state index >= 15 is 0 Å². The summed E-state index contributed by atoms with van der Waals surface area (Å²) in [6, 6.07) is 0. The SMILES string of the molecule is CCC1CCC(N)(c2nn3c(C(C)C)nnc3s2)CC1. The van der Waals surface area contributed by atoms with E-state index in [2.05, 4.69) is 31.0 Å². The molecule has 6 heteroatoms. The average Bonchev–Trinajstić information content (AvgIpc) is 2.99. The molecule has 2 aromatic rings. The van der Waals surface area contributed by atoms with Gasteiger partial charge in [0.15, 0.2) is 5.82 Å². The highest BCUT2D eigenvalue weighted by Gasteiger charge is 2.36. The molecule has 1 aliphatic rings. The van der Waals surface area contributed by atoms with E-state index in [0.29, 0.717) is 5.92 Å². The van der Waals surface area contributed by atoms with Crippen LogP contribution in [0.2, 0.25) is 0 Å². The summed E-state index contributed by atoms with van der Waals surface area (Å²) in [5.41, 5.74) is 6.37. The van der Waals surface area contributed by atoms with Crippen LogP contribution in [-0.4, -0.2) is 19.8 Å². The molecular formula is C14H23N5S. The quantitative estimate of drug-likeness (QED) is 0.944. The van der Waals surface area contributed by atoms with Crippen molar-refractivity contribution < 1.29 is 0 Å². The summed E-state index contributed by atoms with van der Waals surface area (Å²) >= 11 is 1.60. The summed E-state index contributed by atoms with van der Waals surface area (Å²) < 4.78 is 1.88. The van der Waals surface area contributed by atoms with E-state index in [1.165, 1.54) is 19.3 Å². The van der Waals surface area contributed by atoms with Gasteiger partial charge in [-0.25, -0.2) is 0 Å². The first-order chi connectivity index (χ1) is 9.53. The summed E-state index contributed by atoms with van der Waals surface area (Å²) in [6.07, 6.45) is 5.76. The van der Waals surface area contributed by atoms with Crippen LogP contribution < -0.4 is 5.73 Å². The Balaban J connectivity index is 1.90. The van der Waals surface area contributed by atoms with Crippen molar-refractivity contribution in [2.45, 2.75) is 64.3 Å². The Hall–Kier alpha value is -1.01. The van der Waals surface area contributed by atoms with E-state index in [-0.39, 0.29) is 5.54 Å². The van der Waals surface area contributed by atoms with E-state index in [9.17, 15) is 0 Å². The number of aromatic nitrogens is 4. The molecule has 0 radical (unpaired) electrons. The number of hydrogen-bond acceptors (Lipinski definition) is 5. The van der Waals surface area contributed by atoms with E-state index in [0.717, 1.165) is 34.6 Å². The smallest absolute Gasteiger partial charge is 0.234 e. The molecule has 110 valence electrons. The van der Waals surface area contributed by atoms with Crippen molar-refractivity contribution in [1.82, 2.24) is 19.8 Å². The number of nitrogens with two attached hydrogens (primary N) is 1. The van der Waals surface area contributed by atoms with E-state index in [1.54, 1.807) is 11.3 Å². The van der Waals surface area contributed by atoms with Crippen LogP contribution in [0.1, 0.15) is 69.6 Å². The van der Waals surface area contributed by atoms with Crippen molar-refractivity contribution in [3.63, 3.8) is 0 Å². The molecule has 1 fully saturated rings. The number of fused-ring (bicyclic) bond motifs is 1. The van der Waals surface area contributed by atoms with Gasteiger partial charge in [-0.15, -0.1) is 10.2 Å². The van der Waals surface area contributed by atoms with E-state index in [1.807, 2.05) is 4.52 Å². The Morgan fingerprint density at radius 2 is 2.05 bits per heavy atom. The molecule has 2 N–H and O–H groups in total. The Bertz CT molecular complexity index is 592. The van der Waals surface area contributed by atoms with Crippen LogP contribution in [0.4, 0.5) is 0 Å². The molecule has 0 amide bonds. The van der Waals surface area contributed by atoms with Crippen LogP contribution in [0.15, 0.2) is 0 Å². The molecule has 5 nitrogen and oxygen atoms in total. The minimum atomic E-state index is -0.259. The van der Waals surface area contributed by atoms with Gasteiger partial charge in [-0.05, 0) is 31.6 Å². The predicted octanol–water partition coefficient (Wildman–Crippen LogP) is 3.06. The van der Waals surface area contributed by atoms with E-state index < -0.39 is 0 Å². The molecule has 0 atom stereocenters. The highest BCUT2D eigenvalue weighted by molar-refractivity contribution is 7.16. The minimum Gasteiger partial charge on any atom is -0.319 e. The molecule has 2 aromatic heterocycles. The normalized spacial score (nSPS) is 27.6. The predicted molar refractivity (Wildman–Crippen MR) is 80.9 cm³/mol. The molecule has 0 saturated heterocycles. The second-order valence-electron chi connectivity index (χ2n) is 6.32. The number of hydrogen-bond donors (Lipinski definition) is 1. The molecule has 3 rings (SSSR count). The number of nitrogens with zero attached hydrogens (tertiary/aromatic N) is 4. The van der Waals surface area contributed by atoms with Crippen LogP contribution >= 0.6 is 11.3 Å². The topological polar surface area (TPSA) is 69.1 Å². The molecule has 0 aliphatic heterocycles. The van der Waals surface area contributed by atoms with Crippen molar-refractivity contribution in [2.24, 2.45) is 11.7 Å². The van der Waals surface area contributed by atoms with Gasteiger partial charge in [0.05, 0.1) is 5.54 Å². The maximum Gasteiger partial charge on any atom is 0.234 e. The van der Waals surface area contributed by atoms with Gasteiger partial charge in [-0.3, -0.25) is 0 Å². The van der Waals surface area contributed by atoms with Crippen LogP contribution in [0.25, 0.3) is 4.96 Å². The fourth-order valence-corrected chi connectivity index (χ4v) is 4.01. The van der Waals surface area contributed by atoms with Crippen LogP contribution in [0.3, 0.4) is 0 Å². The Kier molecular flexibility index (Phi) is 3.54. The Morgan fingerprint density at radius 3 is 2.65 bits per heavy atom. The molecule has 0 bridgehead atoms. The largest absolute Gasteiger partial charge is 0.319 e. The van der Waals surface area contributed by atoms with Crippen molar-refractivity contribution in [3.8, 4) is 0 Å². The zero-order valence-electron chi connectivity index (χ0n) is 12.5. The van der Waals surface area contributed by atoms with Gasteiger partial charge >= 0.3 is 0 Å². The standard InChI is InChI=1S/C14H23N5S/c1-4-10-5-7-14(15,8-6-10)12-18-19-11(9(2)3)16-17-13(19)20-12/h9-10H,4-8,15H2,1-3H3. The maximum atomic E-state index is 6.63. The third-order valence-electron chi connectivity index (χ3n) is 4.53. The van der Waals surface area contributed by atoms with Gasteiger partial charge in [0.1, 0.15) is 5.01 Å². The van der Waals surface area contributed by atoms with Crippen molar-refractivity contribution in [2.75, 3.05) is 0 Å². The highest BCUT2D eigenvalue weighted by Crippen LogP contribution is 2.40. The molecule has 0 spiro atoms. The van der Waals surface area contributed by atoms with Gasteiger partial charge in [0.25, 0.3) is 0 Å². The molecule has 1 aliphatic carbocycles. The monoisotopic (exact) mass is 293 g/mol. The first kappa shape index (κ1) is 13.9. The van der Waals surface area contributed by atoms with Crippen LogP contribution in [-0.2, 0) is 5.54 Å². The van der Waals surface area contributed by atoms with E-state index in [4.69, 9.17) is 10.8 Å². The van der Waals surface area contributed by atoms with Crippen molar-refractivity contribution in [1.29, 1.82) is 0 Å². The lowest BCUT2D eigenvalue weighted by Gasteiger charge is -2.34. The zero-order valence-corrected chi connectivity index (χ0v) is 13.3. The van der Waals surface area contributed by atoms with Gasteiger partial charge in [-0.1, -0.05) is 38.5 Å². The van der Waals surface area contributed by atoms with Crippen LogP contribution in [0, 0.1) is 5.92 Å². The summed E-state index contributed by atoms with van der Waals surface area (Å²) in [5.74, 6) is 2.08. The van der Waals surface area contributed by atoms with Gasteiger partial charge in [-0.2, -0.15) is 9.61 Å².